The molecule has 8 nitrogen and oxygen atoms in total. The van der Waals surface area contributed by atoms with Gasteiger partial charge in [0.15, 0.2) is 4.34 Å². The molecule has 0 fully saturated rings. The van der Waals surface area contributed by atoms with Gasteiger partial charge in [0.05, 0.1) is 40.7 Å². The molecule has 1 aromatic heterocycles. The molecule has 152 valence electrons. The highest BCUT2D eigenvalue weighted by Gasteiger charge is 2.10. The number of thioether (sulfide) groups is 1. The average molecular weight is 434 g/mol. The van der Waals surface area contributed by atoms with Crippen LogP contribution in [0.2, 0.25) is 0 Å². The van der Waals surface area contributed by atoms with E-state index in [9.17, 15) is 14.9 Å². The number of methoxy groups -OCH3 is 1. The average Bonchev–Trinajstić information content (AvgIpc) is 3.10. The number of rotatable bonds is 10. The second-order valence-electron chi connectivity index (χ2n) is 5.97. The summed E-state index contributed by atoms with van der Waals surface area (Å²) in [5.41, 5.74) is 2.26. The summed E-state index contributed by atoms with van der Waals surface area (Å²) in [7, 11) is 1.63. The normalized spacial score (nSPS) is 10.9. The van der Waals surface area contributed by atoms with Gasteiger partial charge in [-0.3, -0.25) is 14.9 Å². The van der Waals surface area contributed by atoms with Crippen molar-refractivity contribution in [2.75, 3.05) is 31.6 Å². The Morgan fingerprint density at radius 1 is 1.24 bits per heavy atom. The number of fused-ring (bicyclic) bond motifs is 1. The third kappa shape index (κ3) is 6.23. The molecule has 0 saturated carbocycles. The highest BCUT2D eigenvalue weighted by Crippen LogP contribution is 2.31. The zero-order valence-corrected chi connectivity index (χ0v) is 17.3. The summed E-state index contributed by atoms with van der Waals surface area (Å²) in [6.45, 7) is 1.10. The Hall–Kier alpha value is -2.53. The van der Waals surface area contributed by atoms with Crippen LogP contribution in [0.5, 0.6) is 0 Å². The molecule has 3 aromatic rings. The lowest BCUT2D eigenvalue weighted by molar-refractivity contribution is -0.384. The molecule has 0 spiro atoms. The molecule has 0 aliphatic rings. The van der Waals surface area contributed by atoms with E-state index in [1.165, 1.54) is 35.2 Å². The van der Waals surface area contributed by atoms with Gasteiger partial charge in [0.2, 0.25) is 5.91 Å². The molecule has 0 radical (unpaired) electrons. The first-order valence-electron chi connectivity index (χ1n) is 8.68. The van der Waals surface area contributed by atoms with Gasteiger partial charge in [-0.25, -0.2) is 4.98 Å². The molecule has 0 atom stereocenters. The van der Waals surface area contributed by atoms with E-state index in [2.05, 4.69) is 10.3 Å². The SMILES string of the molecule is COCCOCSc1nc2ccc(NC(=O)Cc3ccc([N+](=O)[O-])cc3)cc2s1. The van der Waals surface area contributed by atoms with Crippen LogP contribution in [0.3, 0.4) is 0 Å². The molecule has 0 bridgehead atoms. The number of carbonyl (C=O) groups is 1. The van der Waals surface area contributed by atoms with E-state index in [1.807, 2.05) is 12.1 Å². The van der Waals surface area contributed by atoms with Gasteiger partial charge < -0.3 is 14.8 Å². The van der Waals surface area contributed by atoms with E-state index in [0.717, 1.165) is 14.6 Å². The van der Waals surface area contributed by atoms with Crippen molar-refractivity contribution in [2.45, 2.75) is 10.8 Å². The number of nitrogens with zero attached hydrogens (tertiary/aromatic N) is 2. The van der Waals surface area contributed by atoms with E-state index in [0.29, 0.717) is 30.4 Å². The van der Waals surface area contributed by atoms with Gasteiger partial charge in [-0.1, -0.05) is 23.9 Å². The Balaban J connectivity index is 1.56. The fourth-order valence-electron chi connectivity index (χ4n) is 2.46. The second kappa shape index (κ2) is 10.3. The molecule has 0 unspecified atom stereocenters. The number of aromatic nitrogens is 1. The Labute approximate surface area is 175 Å². The Morgan fingerprint density at radius 2 is 2.03 bits per heavy atom. The number of amides is 1. The van der Waals surface area contributed by atoms with Crippen LogP contribution in [-0.4, -0.2) is 42.1 Å². The lowest BCUT2D eigenvalue weighted by Crippen LogP contribution is -2.14. The number of nitrogens with one attached hydrogen (secondary N) is 1. The van der Waals surface area contributed by atoms with Crippen LogP contribution in [0.15, 0.2) is 46.8 Å². The minimum Gasteiger partial charge on any atom is -0.382 e. The summed E-state index contributed by atoms with van der Waals surface area (Å²) >= 11 is 3.05. The number of ether oxygens (including phenoxy) is 2. The molecule has 1 amide bonds. The van der Waals surface area contributed by atoms with Gasteiger partial charge in [-0.15, -0.1) is 11.3 Å². The summed E-state index contributed by atoms with van der Waals surface area (Å²) in [6, 6.07) is 11.5. The van der Waals surface area contributed by atoms with Crippen molar-refractivity contribution in [2.24, 2.45) is 0 Å². The number of carbonyl (C=O) groups excluding carboxylic acids is 1. The van der Waals surface area contributed by atoms with Crippen LogP contribution in [0.4, 0.5) is 11.4 Å². The van der Waals surface area contributed by atoms with Crippen molar-refractivity contribution < 1.29 is 19.2 Å². The van der Waals surface area contributed by atoms with Gasteiger partial charge in [0, 0.05) is 24.9 Å². The maximum atomic E-state index is 12.3. The van der Waals surface area contributed by atoms with Gasteiger partial charge in [-0.05, 0) is 23.8 Å². The van der Waals surface area contributed by atoms with Crippen LogP contribution in [0.1, 0.15) is 5.56 Å². The van der Waals surface area contributed by atoms with E-state index in [4.69, 9.17) is 9.47 Å². The number of non-ortho nitro benzene ring substituents is 1. The van der Waals surface area contributed by atoms with Crippen LogP contribution < -0.4 is 5.32 Å². The van der Waals surface area contributed by atoms with E-state index in [1.54, 1.807) is 25.3 Å². The smallest absolute Gasteiger partial charge is 0.269 e. The maximum absolute atomic E-state index is 12.3. The van der Waals surface area contributed by atoms with E-state index < -0.39 is 4.92 Å². The highest BCUT2D eigenvalue weighted by molar-refractivity contribution is 8.01. The molecular formula is C19H19N3O5S2. The first-order chi connectivity index (χ1) is 14.0. The second-order valence-corrected chi connectivity index (χ2v) is 8.17. The van der Waals surface area contributed by atoms with Crippen LogP contribution in [0, 0.1) is 10.1 Å². The first kappa shape index (κ1) is 21.2. The highest BCUT2D eigenvalue weighted by atomic mass is 32.2. The number of hydrogen-bond donors (Lipinski definition) is 1. The van der Waals surface area contributed by atoms with Crippen molar-refractivity contribution in [1.29, 1.82) is 0 Å². The van der Waals surface area contributed by atoms with Crippen molar-refractivity contribution in [1.82, 2.24) is 4.98 Å². The number of nitro groups is 1. The molecular weight excluding hydrogens is 414 g/mol. The number of benzene rings is 2. The topological polar surface area (TPSA) is 104 Å². The quantitative estimate of drug-likeness (QED) is 0.169. The fraction of sp³-hybridized carbons (Fsp3) is 0.263. The largest absolute Gasteiger partial charge is 0.382 e. The number of anilines is 1. The number of thiazole rings is 1. The molecule has 3 rings (SSSR count). The van der Waals surface area contributed by atoms with Crippen molar-refractivity contribution >= 4 is 50.6 Å². The summed E-state index contributed by atoms with van der Waals surface area (Å²) < 4.78 is 12.2. The van der Waals surface area contributed by atoms with Gasteiger partial charge in [-0.2, -0.15) is 0 Å². The third-order valence-electron chi connectivity index (χ3n) is 3.86. The lowest BCUT2D eigenvalue weighted by atomic mass is 10.1. The Kier molecular flexibility index (Phi) is 7.53. The van der Waals surface area contributed by atoms with E-state index in [-0.39, 0.29) is 18.0 Å². The van der Waals surface area contributed by atoms with Gasteiger partial charge in [0.1, 0.15) is 0 Å². The Morgan fingerprint density at radius 3 is 2.76 bits per heavy atom. The van der Waals surface area contributed by atoms with Gasteiger partial charge >= 0.3 is 0 Å². The monoisotopic (exact) mass is 433 g/mol. The van der Waals surface area contributed by atoms with Gasteiger partial charge in [0.25, 0.3) is 5.69 Å². The predicted molar refractivity (Wildman–Crippen MR) is 114 cm³/mol. The fourth-order valence-corrected chi connectivity index (χ4v) is 4.31. The van der Waals surface area contributed by atoms with Crippen molar-refractivity contribution in [3.63, 3.8) is 0 Å². The minimum atomic E-state index is -0.466. The molecule has 0 aliphatic carbocycles. The van der Waals surface area contributed by atoms with Crippen LogP contribution >= 0.6 is 23.1 Å². The molecule has 0 aliphatic heterocycles. The minimum absolute atomic E-state index is 0.00239. The number of nitro benzene ring substituents is 1. The summed E-state index contributed by atoms with van der Waals surface area (Å²) in [4.78, 5) is 27.1. The predicted octanol–water partition coefficient (Wildman–Crippen LogP) is 4.10. The maximum Gasteiger partial charge on any atom is 0.269 e. The Bertz CT molecular complexity index is 991. The summed E-state index contributed by atoms with van der Waals surface area (Å²) in [5, 5.41) is 13.5. The van der Waals surface area contributed by atoms with Crippen LogP contribution in [-0.2, 0) is 20.7 Å². The molecule has 2 aromatic carbocycles. The van der Waals surface area contributed by atoms with Crippen molar-refractivity contribution in [3.8, 4) is 0 Å². The van der Waals surface area contributed by atoms with Crippen LogP contribution in [0.25, 0.3) is 10.2 Å². The molecule has 10 heteroatoms. The third-order valence-corrected chi connectivity index (χ3v) is 5.90. The van der Waals surface area contributed by atoms with E-state index >= 15 is 0 Å². The molecule has 1 N–H and O–H groups in total. The molecule has 1 heterocycles. The summed E-state index contributed by atoms with van der Waals surface area (Å²) in [6.07, 6.45) is 0.138. The van der Waals surface area contributed by atoms with Crippen molar-refractivity contribution in [3.05, 3.63) is 58.1 Å². The first-order valence-corrected chi connectivity index (χ1v) is 10.5. The zero-order valence-electron chi connectivity index (χ0n) is 15.6. The summed E-state index contributed by atoms with van der Waals surface area (Å²) in [5.74, 6) is 0.311. The molecule has 0 saturated heterocycles. The lowest BCUT2D eigenvalue weighted by Gasteiger charge is -2.05. The zero-order chi connectivity index (χ0) is 20.6. The number of hydrogen-bond acceptors (Lipinski definition) is 8. The molecule has 29 heavy (non-hydrogen) atoms. The standard InChI is InChI=1S/C19H19N3O5S2/c1-26-8-9-27-12-28-19-21-16-7-4-14(11-17(16)29-19)20-18(23)10-13-2-5-15(6-3-13)22(24)25/h2-7,11H,8-10,12H2,1H3,(H,20,23).